The summed E-state index contributed by atoms with van der Waals surface area (Å²) in [6.07, 6.45) is 2.44. The molecule has 0 aliphatic rings. The van der Waals surface area contributed by atoms with Gasteiger partial charge < -0.3 is 9.73 Å². The van der Waals surface area contributed by atoms with Crippen LogP contribution >= 0.6 is 0 Å². The molecule has 0 radical (unpaired) electrons. The summed E-state index contributed by atoms with van der Waals surface area (Å²) in [5, 5.41) is 2.59. The topological polar surface area (TPSA) is 79.6 Å². The van der Waals surface area contributed by atoms with Crippen LogP contribution in [0, 0.1) is 5.82 Å². The van der Waals surface area contributed by atoms with Crippen molar-refractivity contribution in [2.24, 2.45) is 0 Å². The average molecular weight is 340 g/mol. The number of carbonyl (C=O) groups excluding carboxylic acids is 1. The molecule has 1 aromatic carbocycles. The lowest BCUT2D eigenvalue weighted by Crippen LogP contribution is -2.47. The smallest absolute Gasteiger partial charge is 0.243 e. The zero-order chi connectivity index (χ0) is 17.0. The maximum absolute atomic E-state index is 13.4. The molecule has 1 amide bonds. The maximum Gasteiger partial charge on any atom is 0.243 e. The molecule has 8 heteroatoms. The van der Waals surface area contributed by atoms with Crippen LogP contribution in [0.15, 0.2) is 47.1 Å². The molecule has 1 N–H and O–H groups in total. The lowest BCUT2D eigenvalue weighted by atomic mass is 10.2. The molecule has 0 fully saturated rings. The van der Waals surface area contributed by atoms with E-state index >= 15 is 0 Å². The molecular weight excluding hydrogens is 323 g/mol. The molecule has 1 atom stereocenters. The normalized spacial score (nSPS) is 12.7. The van der Waals surface area contributed by atoms with Crippen molar-refractivity contribution in [1.82, 2.24) is 5.32 Å². The van der Waals surface area contributed by atoms with Crippen LogP contribution < -0.4 is 9.62 Å². The molecule has 0 aliphatic heterocycles. The first-order valence-electron chi connectivity index (χ1n) is 6.84. The monoisotopic (exact) mass is 340 g/mol. The predicted octanol–water partition coefficient (Wildman–Crippen LogP) is 1.89. The number of hydrogen-bond donors (Lipinski definition) is 1. The highest BCUT2D eigenvalue weighted by atomic mass is 32.2. The van der Waals surface area contributed by atoms with Gasteiger partial charge in [-0.05, 0) is 37.3 Å². The van der Waals surface area contributed by atoms with Gasteiger partial charge in [0.25, 0.3) is 0 Å². The summed E-state index contributed by atoms with van der Waals surface area (Å²) < 4.78 is 43.4. The first kappa shape index (κ1) is 17.0. The summed E-state index contributed by atoms with van der Waals surface area (Å²) in [7, 11) is -3.77. The molecule has 1 aromatic heterocycles. The van der Waals surface area contributed by atoms with Crippen molar-refractivity contribution in [2.45, 2.75) is 19.5 Å². The quantitative estimate of drug-likeness (QED) is 0.871. The molecule has 6 nitrogen and oxygen atoms in total. The van der Waals surface area contributed by atoms with Crippen LogP contribution in [0.2, 0.25) is 0 Å². The lowest BCUT2D eigenvalue weighted by Gasteiger charge is -2.28. The molecular formula is C15H17FN2O4S. The largest absolute Gasteiger partial charge is 0.467 e. The predicted molar refractivity (Wildman–Crippen MR) is 83.7 cm³/mol. The second-order valence-electron chi connectivity index (χ2n) is 5.01. The first-order chi connectivity index (χ1) is 10.8. The zero-order valence-electron chi connectivity index (χ0n) is 12.7. The number of carbonyl (C=O) groups is 1. The van der Waals surface area contributed by atoms with E-state index in [1.807, 2.05) is 0 Å². The number of furan rings is 1. The van der Waals surface area contributed by atoms with Crippen molar-refractivity contribution in [3.63, 3.8) is 0 Å². The highest BCUT2D eigenvalue weighted by Crippen LogP contribution is 2.21. The molecule has 0 saturated carbocycles. The van der Waals surface area contributed by atoms with Crippen LogP contribution in [0.3, 0.4) is 0 Å². The molecule has 1 heterocycles. The van der Waals surface area contributed by atoms with Gasteiger partial charge in [-0.2, -0.15) is 0 Å². The van der Waals surface area contributed by atoms with Crippen LogP contribution in [0.1, 0.15) is 12.7 Å². The minimum Gasteiger partial charge on any atom is -0.467 e. The zero-order valence-corrected chi connectivity index (χ0v) is 13.5. The third-order valence-electron chi connectivity index (χ3n) is 3.17. The highest BCUT2D eigenvalue weighted by molar-refractivity contribution is 7.92. The van der Waals surface area contributed by atoms with E-state index in [4.69, 9.17) is 4.42 Å². The van der Waals surface area contributed by atoms with Crippen molar-refractivity contribution in [3.8, 4) is 0 Å². The van der Waals surface area contributed by atoms with Crippen LogP contribution in [-0.2, 0) is 21.4 Å². The summed E-state index contributed by atoms with van der Waals surface area (Å²) in [5.41, 5.74) is 0.0909. The second kappa shape index (κ2) is 6.82. The van der Waals surface area contributed by atoms with E-state index in [-0.39, 0.29) is 12.2 Å². The Labute approximate surface area is 134 Å². The van der Waals surface area contributed by atoms with E-state index in [9.17, 15) is 17.6 Å². The number of sulfonamides is 1. The van der Waals surface area contributed by atoms with Crippen molar-refractivity contribution in [2.75, 3.05) is 10.6 Å². The van der Waals surface area contributed by atoms with E-state index < -0.39 is 27.8 Å². The summed E-state index contributed by atoms with van der Waals surface area (Å²) in [5.74, 6) is -0.558. The average Bonchev–Trinajstić information content (AvgIpc) is 2.96. The summed E-state index contributed by atoms with van der Waals surface area (Å²) >= 11 is 0. The number of nitrogens with zero attached hydrogens (tertiary/aromatic N) is 1. The molecule has 124 valence electrons. The summed E-state index contributed by atoms with van der Waals surface area (Å²) in [4.78, 5) is 12.2. The third-order valence-corrected chi connectivity index (χ3v) is 4.41. The molecule has 2 aromatic rings. The van der Waals surface area contributed by atoms with E-state index in [0.29, 0.717) is 5.76 Å². The van der Waals surface area contributed by atoms with Gasteiger partial charge in [0.2, 0.25) is 15.9 Å². The van der Waals surface area contributed by atoms with Gasteiger partial charge in [0.05, 0.1) is 24.8 Å². The van der Waals surface area contributed by atoms with Crippen LogP contribution in [0.5, 0.6) is 0 Å². The van der Waals surface area contributed by atoms with Crippen molar-refractivity contribution < 1.29 is 22.0 Å². The fraction of sp³-hybridized carbons (Fsp3) is 0.267. The molecule has 2 rings (SSSR count). The maximum atomic E-state index is 13.4. The fourth-order valence-corrected chi connectivity index (χ4v) is 3.32. The molecule has 0 bridgehead atoms. The number of amides is 1. The minimum atomic E-state index is -3.77. The van der Waals surface area contributed by atoms with E-state index in [1.54, 1.807) is 12.1 Å². The molecule has 0 aliphatic carbocycles. The van der Waals surface area contributed by atoms with Gasteiger partial charge in [0, 0.05) is 0 Å². The Morgan fingerprint density at radius 2 is 2.09 bits per heavy atom. The lowest BCUT2D eigenvalue weighted by molar-refractivity contribution is -0.122. The number of halogens is 1. The molecule has 0 saturated heterocycles. The van der Waals surface area contributed by atoms with Gasteiger partial charge in [0.1, 0.15) is 17.6 Å². The van der Waals surface area contributed by atoms with Crippen molar-refractivity contribution in [3.05, 3.63) is 54.2 Å². The number of anilines is 1. The van der Waals surface area contributed by atoms with Gasteiger partial charge in [0.15, 0.2) is 0 Å². The fourth-order valence-electron chi connectivity index (χ4n) is 2.16. The van der Waals surface area contributed by atoms with Gasteiger partial charge in [-0.15, -0.1) is 0 Å². The van der Waals surface area contributed by atoms with Crippen LogP contribution in [0.4, 0.5) is 10.1 Å². The van der Waals surface area contributed by atoms with Crippen LogP contribution in [0.25, 0.3) is 0 Å². The van der Waals surface area contributed by atoms with E-state index in [2.05, 4.69) is 5.32 Å². The van der Waals surface area contributed by atoms with Crippen molar-refractivity contribution in [1.29, 1.82) is 0 Å². The van der Waals surface area contributed by atoms with Gasteiger partial charge >= 0.3 is 0 Å². The Morgan fingerprint density at radius 1 is 1.35 bits per heavy atom. The van der Waals surface area contributed by atoms with Gasteiger partial charge in [-0.3, -0.25) is 9.10 Å². The van der Waals surface area contributed by atoms with Crippen molar-refractivity contribution >= 4 is 21.6 Å². The molecule has 23 heavy (non-hydrogen) atoms. The number of benzene rings is 1. The first-order valence-corrected chi connectivity index (χ1v) is 8.69. The van der Waals surface area contributed by atoms with Gasteiger partial charge in [-0.25, -0.2) is 12.8 Å². The standard InChI is InChI=1S/C15H17FN2O4S/c1-11(15(19)17-10-14-7-4-8-22-14)18(23(2,20)21)13-6-3-5-12(16)9-13/h3-9,11H,10H2,1-2H3,(H,17,19). The Hall–Kier alpha value is -2.35. The second-order valence-corrected chi connectivity index (χ2v) is 6.87. The molecule has 1 unspecified atom stereocenters. The third kappa shape index (κ3) is 4.32. The Kier molecular flexibility index (Phi) is 5.05. The van der Waals surface area contributed by atoms with Gasteiger partial charge in [-0.1, -0.05) is 6.07 Å². The number of rotatable bonds is 6. The number of nitrogens with one attached hydrogen (secondary N) is 1. The SMILES string of the molecule is CC(C(=O)NCc1ccco1)N(c1cccc(F)c1)S(C)(=O)=O. The van der Waals surface area contributed by atoms with E-state index in [1.165, 1.54) is 31.4 Å². The minimum absolute atomic E-state index is 0.0909. The Morgan fingerprint density at radius 3 is 2.65 bits per heavy atom. The van der Waals surface area contributed by atoms with Crippen LogP contribution in [-0.4, -0.2) is 26.6 Å². The molecule has 0 spiro atoms. The Balaban J connectivity index is 2.20. The Bertz CT molecular complexity index is 775. The summed E-state index contributed by atoms with van der Waals surface area (Å²) in [6.45, 7) is 1.57. The highest BCUT2D eigenvalue weighted by Gasteiger charge is 2.29. The number of hydrogen-bond acceptors (Lipinski definition) is 4. The van der Waals surface area contributed by atoms with E-state index in [0.717, 1.165) is 16.6 Å². The summed E-state index contributed by atoms with van der Waals surface area (Å²) in [6, 6.07) is 7.41.